The number of rotatable bonds is 2. The number of carbonyl (C=O) groups is 1. The molecule has 6 nitrogen and oxygen atoms in total. The highest BCUT2D eigenvalue weighted by atomic mass is 16.5. The smallest absolute Gasteiger partial charge is 0.337 e. The zero-order valence-corrected chi connectivity index (χ0v) is 16.5. The number of esters is 1. The van der Waals surface area contributed by atoms with Crippen LogP contribution in [0.4, 0.5) is 0 Å². The molecule has 0 radical (unpaired) electrons. The molecule has 1 N–H and O–H groups in total. The van der Waals surface area contributed by atoms with Crippen LogP contribution in [0.2, 0.25) is 0 Å². The van der Waals surface area contributed by atoms with Crippen LogP contribution < -0.4 is 4.74 Å². The number of hydrogen-bond acceptors (Lipinski definition) is 5. The van der Waals surface area contributed by atoms with Gasteiger partial charge in [0.2, 0.25) is 0 Å². The highest BCUT2D eigenvalue weighted by Crippen LogP contribution is 2.48. The lowest BCUT2D eigenvalue weighted by Crippen LogP contribution is -2.51. The molecule has 0 amide bonds. The Morgan fingerprint density at radius 3 is 2.96 bits per heavy atom. The Hall–Kier alpha value is -2.47. The monoisotopic (exact) mass is 382 g/mol. The number of nitrogens with zero attached hydrogens (tertiary/aromatic N) is 1. The number of carbonyl (C=O) groups excluding carboxylic acids is 1. The van der Waals surface area contributed by atoms with Crippen LogP contribution in [-0.2, 0) is 20.7 Å². The molecule has 0 aliphatic carbocycles. The second kappa shape index (κ2) is 6.55. The average Bonchev–Trinajstić information content (AvgIpc) is 3.12. The number of hydrogen-bond donors (Lipinski definition) is 1. The number of aromatic nitrogens is 1. The van der Waals surface area contributed by atoms with Crippen LogP contribution in [0.5, 0.6) is 5.75 Å². The first kappa shape index (κ1) is 17.6. The first-order valence-electron chi connectivity index (χ1n) is 9.97. The lowest BCUT2D eigenvalue weighted by Gasteiger charge is -2.49. The van der Waals surface area contributed by atoms with E-state index in [1.54, 1.807) is 13.4 Å². The summed E-state index contributed by atoms with van der Waals surface area (Å²) in [6.45, 7) is 4.04. The Morgan fingerprint density at radius 1 is 1.32 bits per heavy atom. The van der Waals surface area contributed by atoms with E-state index in [1.165, 1.54) is 23.8 Å². The third-order valence-corrected chi connectivity index (χ3v) is 6.84. The van der Waals surface area contributed by atoms with E-state index in [1.807, 2.05) is 12.1 Å². The molecule has 1 saturated heterocycles. The summed E-state index contributed by atoms with van der Waals surface area (Å²) in [5.74, 6) is 1.10. The van der Waals surface area contributed by atoms with Crippen molar-refractivity contribution in [1.29, 1.82) is 0 Å². The molecule has 3 aliphatic heterocycles. The zero-order chi connectivity index (χ0) is 19.4. The fraction of sp³-hybridized carbons (Fsp3) is 0.500. The third kappa shape index (κ3) is 2.47. The van der Waals surface area contributed by atoms with Crippen molar-refractivity contribution < 1.29 is 19.0 Å². The van der Waals surface area contributed by atoms with Gasteiger partial charge in [0.1, 0.15) is 5.75 Å². The van der Waals surface area contributed by atoms with E-state index < -0.39 is 0 Å². The lowest BCUT2D eigenvalue weighted by atomic mass is 9.72. The topological polar surface area (TPSA) is 63.8 Å². The highest BCUT2D eigenvalue weighted by Gasteiger charge is 2.47. The van der Waals surface area contributed by atoms with Gasteiger partial charge in [0, 0.05) is 41.5 Å². The van der Waals surface area contributed by atoms with E-state index in [4.69, 9.17) is 14.2 Å². The van der Waals surface area contributed by atoms with Gasteiger partial charge in [-0.3, -0.25) is 4.90 Å². The molecule has 4 unspecified atom stereocenters. The third-order valence-electron chi connectivity index (χ3n) is 6.84. The second-order valence-electron chi connectivity index (χ2n) is 8.07. The Labute approximate surface area is 164 Å². The van der Waals surface area contributed by atoms with Gasteiger partial charge in [-0.2, -0.15) is 0 Å². The SMILES string of the molecule is COC(=O)C1=COC(C)C2CN3CCc4c([nH]c5cccc(OC)c45)C3CC12. The maximum Gasteiger partial charge on any atom is 0.337 e. The van der Waals surface area contributed by atoms with Crippen molar-refractivity contribution in [1.82, 2.24) is 9.88 Å². The molecule has 0 spiro atoms. The molecule has 0 saturated carbocycles. The van der Waals surface area contributed by atoms with Crippen LogP contribution in [0.3, 0.4) is 0 Å². The lowest BCUT2D eigenvalue weighted by molar-refractivity contribution is -0.139. The summed E-state index contributed by atoms with van der Waals surface area (Å²) < 4.78 is 16.5. The van der Waals surface area contributed by atoms with Crippen LogP contribution in [-0.4, -0.2) is 49.3 Å². The molecule has 2 aromatic rings. The summed E-state index contributed by atoms with van der Waals surface area (Å²) in [7, 11) is 3.17. The molecule has 1 fully saturated rings. The highest BCUT2D eigenvalue weighted by molar-refractivity contribution is 5.91. The second-order valence-corrected chi connectivity index (χ2v) is 8.07. The standard InChI is InChI=1S/C22H26N2O4/c1-12-15-10-24-8-7-13-20-17(5-4-6-19(20)26-2)23-21(13)18(24)9-14(15)16(11-28-12)22(25)27-3/h4-6,11-12,14-15,18,23H,7-10H2,1-3H3. The van der Waals surface area contributed by atoms with Gasteiger partial charge in [-0.15, -0.1) is 0 Å². The Morgan fingerprint density at radius 2 is 2.18 bits per heavy atom. The van der Waals surface area contributed by atoms with E-state index in [-0.39, 0.29) is 24.0 Å². The Kier molecular flexibility index (Phi) is 4.12. The summed E-state index contributed by atoms with van der Waals surface area (Å²) in [6, 6.07) is 6.43. The molecular formula is C22H26N2O4. The molecule has 0 bridgehead atoms. The van der Waals surface area contributed by atoms with E-state index in [9.17, 15) is 4.79 Å². The summed E-state index contributed by atoms with van der Waals surface area (Å²) in [5, 5.41) is 1.20. The van der Waals surface area contributed by atoms with E-state index >= 15 is 0 Å². The zero-order valence-electron chi connectivity index (χ0n) is 16.5. The number of ether oxygens (including phenoxy) is 3. The normalized spacial score (nSPS) is 29.2. The van der Waals surface area contributed by atoms with Crippen molar-refractivity contribution in [3.8, 4) is 5.75 Å². The van der Waals surface area contributed by atoms with Crippen molar-refractivity contribution >= 4 is 16.9 Å². The molecule has 5 rings (SSSR count). The minimum Gasteiger partial charge on any atom is -0.497 e. The maximum absolute atomic E-state index is 12.3. The summed E-state index contributed by atoms with van der Waals surface area (Å²) in [4.78, 5) is 18.6. The maximum atomic E-state index is 12.3. The minimum atomic E-state index is -0.273. The van der Waals surface area contributed by atoms with Gasteiger partial charge < -0.3 is 19.2 Å². The molecule has 28 heavy (non-hydrogen) atoms. The molecule has 148 valence electrons. The molecule has 1 aromatic heterocycles. The molecule has 1 aromatic carbocycles. The van der Waals surface area contributed by atoms with Crippen molar-refractivity contribution in [3.63, 3.8) is 0 Å². The Bertz CT molecular complexity index is 963. The molecule has 3 aliphatic rings. The predicted molar refractivity (Wildman–Crippen MR) is 105 cm³/mol. The number of methoxy groups -OCH3 is 2. The van der Waals surface area contributed by atoms with Crippen LogP contribution in [0, 0.1) is 11.8 Å². The molecule has 6 heteroatoms. The fourth-order valence-corrected chi connectivity index (χ4v) is 5.43. The number of fused-ring (bicyclic) bond motifs is 6. The largest absolute Gasteiger partial charge is 0.497 e. The van der Waals surface area contributed by atoms with E-state index in [0.29, 0.717) is 11.5 Å². The van der Waals surface area contributed by atoms with Gasteiger partial charge in [0.15, 0.2) is 0 Å². The van der Waals surface area contributed by atoms with E-state index in [0.717, 1.165) is 37.2 Å². The predicted octanol–water partition coefficient (Wildman–Crippen LogP) is 3.19. The summed E-state index contributed by atoms with van der Waals surface area (Å²) in [6.07, 6.45) is 3.62. The first-order chi connectivity index (χ1) is 13.6. The van der Waals surface area contributed by atoms with Crippen molar-refractivity contribution in [2.75, 3.05) is 27.3 Å². The quantitative estimate of drug-likeness (QED) is 0.809. The number of H-pyrrole nitrogens is 1. The minimum absolute atomic E-state index is 0.101. The van der Waals surface area contributed by atoms with Crippen molar-refractivity contribution in [2.24, 2.45) is 11.8 Å². The first-order valence-corrected chi connectivity index (χ1v) is 9.97. The van der Waals surface area contributed by atoms with Gasteiger partial charge in [-0.05, 0) is 37.5 Å². The van der Waals surface area contributed by atoms with Crippen LogP contribution in [0.15, 0.2) is 30.0 Å². The fourth-order valence-electron chi connectivity index (χ4n) is 5.43. The van der Waals surface area contributed by atoms with Crippen LogP contribution in [0.1, 0.15) is 30.6 Å². The van der Waals surface area contributed by atoms with Gasteiger partial charge in [-0.25, -0.2) is 4.79 Å². The van der Waals surface area contributed by atoms with E-state index in [2.05, 4.69) is 22.9 Å². The number of piperidine rings is 1. The number of benzene rings is 1. The van der Waals surface area contributed by atoms with Gasteiger partial charge >= 0.3 is 5.97 Å². The van der Waals surface area contributed by atoms with Gasteiger partial charge in [0.05, 0.1) is 38.2 Å². The van der Waals surface area contributed by atoms with Gasteiger partial charge in [-0.1, -0.05) is 6.07 Å². The number of nitrogens with one attached hydrogen (secondary N) is 1. The van der Waals surface area contributed by atoms with Crippen LogP contribution >= 0.6 is 0 Å². The van der Waals surface area contributed by atoms with Crippen molar-refractivity contribution in [3.05, 3.63) is 41.3 Å². The molecular weight excluding hydrogens is 356 g/mol. The summed E-state index contributed by atoms with van der Waals surface area (Å²) >= 11 is 0. The molecule has 4 atom stereocenters. The number of aromatic amines is 1. The average molecular weight is 382 g/mol. The van der Waals surface area contributed by atoms with Crippen molar-refractivity contribution in [2.45, 2.75) is 31.9 Å². The summed E-state index contributed by atoms with van der Waals surface area (Å²) in [5.41, 5.74) is 4.42. The van der Waals surface area contributed by atoms with Crippen LogP contribution in [0.25, 0.3) is 10.9 Å². The van der Waals surface area contributed by atoms with Gasteiger partial charge in [0.25, 0.3) is 0 Å². The Balaban J connectivity index is 1.57. The molecule has 4 heterocycles.